The van der Waals surface area contributed by atoms with Gasteiger partial charge in [-0.05, 0) is 29.1 Å². The molecule has 0 saturated carbocycles. The zero-order valence-corrected chi connectivity index (χ0v) is 8.10. The Balaban J connectivity index is 2.12. The predicted octanol–water partition coefficient (Wildman–Crippen LogP) is 2.03. The molecule has 0 radical (unpaired) electrons. The number of fused-ring (bicyclic) bond motifs is 1. The van der Waals surface area contributed by atoms with Gasteiger partial charge < -0.3 is 5.32 Å². The van der Waals surface area contributed by atoms with Crippen LogP contribution >= 0.6 is 0 Å². The normalized spacial score (nSPS) is 12.9. The smallest absolute Gasteiger partial charge is 0.228 e. The Hall–Kier alpha value is -2.00. The summed E-state index contributed by atoms with van der Waals surface area (Å²) in [5.41, 5.74) is 11.2. The van der Waals surface area contributed by atoms with Crippen molar-refractivity contribution < 1.29 is 4.79 Å². The molecular formula is C10H10N4O. The van der Waals surface area contributed by atoms with Gasteiger partial charge in [0.2, 0.25) is 5.91 Å². The van der Waals surface area contributed by atoms with Crippen molar-refractivity contribution in [3.8, 4) is 0 Å². The summed E-state index contributed by atoms with van der Waals surface area (Å²) in [7, 11) is 0. The van der Waals surface area contributed by atoms with Crippen molar-refractivity contribution in [2.45, 2.75) is 12.8 Å². The average Bonchev–Trinajstić information content (AvgIpc) is 2.57. The SMILES string of the molecule is [N-]=[N+]=NCCc1ccc2c(c1)CC(=O)N2. The van der Waals surface area contributed by atoms with Crippen LogP contribution in [0.25, 0.3) is 10.4 Å². The van der Waals surface area contributed by atoms with Crippen LogP contribution < -0.4 is 5.32 Å². The number of benzene rings is 1. The first-order chi connectivity index (χ1) is 7.29. The Morgan fingerprint density at radius 1 is 1.53 bits per heavy atom. The minimum atomic E-state index is 0.0391. The summed E-state index contributed by atoms with van der Waals surface area (Å²) < 4.78 is 0. The number of nitrogens with zero attached hydrogens (tertiary/aromatic N) is 3. The summed E-state index contributed by atoms with van der Waals surface area (Å²) in [4.78, 5) is 13.8. The van der Waals surface area contributed by atoms with E-state index in [0.29, 0.717) is 19.4 Å². The minimum Gasteiger partial charge on any atom is -0.326 e. The second kappa shape index (κ2) is 4.02. The lowest BCUT2D eigenvalue weighted by molar-refractivity contribution is -0.115. The van der Waals surface area contributed by atoms with Crippen molar-refractivity contribution in [2.24, 2.45) is 5.11 Å². The lowest BCUT2D eigenvalue weighted by atomic mass is 10.1. The molecule has 0 unspecified atom stereocenters. The van der Waals surface area contributed by atoms with E-state index in [1.54, 1.807) is 0 Å². The summed E-state index contributed by atoms with van der Waals surface area (Å²) in [6.07, 6.45) is 1.16. The van der Waals surface area contributed by atoms with Crippen LogP contribution in [-0.4, -0.2) is 12.5 Å². The number of nitrogens with one attached hydrogen (secondary N) is 1. The fourth-order valence-electron chi connectivity index (χ4n) is 1.66. The number of carbonyl (C=O) groups excluding carboxylic acids is 1. The number of hydrogen-bond acceptors (Lipinski definition) is 2. The summed E-state index contributed by atoms with van der Waals surface area (Å²) in [5.74, 6) is 0.0391. The maximum Gasteiger partial charge on any atom is 0.228 e. The highest BCUT2D eigenvalue weighted by molar-refractivity contribution is 5.99. The van der Waals surface area contributed by atoms with E-state index in [0.717, 1.165) is 16.8 Å². The lowest BCUT2D eigenvalue weighted by Gasteiger charge is -2.01. The molecule has 0 saturated heterocycles. The van der Waals surface area contributed by atoms with Crippen molar-refractivity contribution in [3.05, 3.63) is 39.8 Å². The van der Waals surface area contributed by atoms with E-state index < -0.39 is 0 Å². The first-order valence-corrected chi connectivity index (χ1v) is 4.72. The first-order valence-electron chi connectivity index (χ1n) is 4.72. The van der Waals surface area contributed by atoms with Gasteiger partial charge in [-0.25, -0.2) is 0 Å². The Morgan fingerprint density at radius 2 is 2.40 bits per heavy atom. The minimum absolute atomic E-state index is 0.0391. The van der Waals surface area contributed by atoms with E-state index in [1.165, 1.54) is 0 Å². The van der Waals surface area contributed by atoms with Gasteiger partial charge in [-0.3, -0.25) is 4.79 Å². The molecule has 0 aliphatic carbocycles. The van der Waals surface area contributed by atoms with Gasteiger partial charge in [-0.2, -0.15) is 0 Å². The van der Waals surface area contributed by atoms with Crippen LogP contribution in [0.5, 0.6) is 0 Å². The Bertz CT molecular complexity index is 449. The molecule has 1 N–H and O–H groups in total. The zero-order valence-electron chi connectivity index (χ0n) is 8.10. The van der Waals surface area contributed by atoms with Crippen LogP contribution in [0, 0.1) is 0 Å². The molecule has 0 aromatic heterocycles. The summed E-state index contributed by atoms with van der Waals surface area (Å²) in [6.45, 7) is 0.455. The number of carbonyl (C=O) groups is 1. The van der Waals surface area contributed by atoms with Crippen LogP contribution in [0.4, 0.5) is 5.69 Å². The van der Waals surface area contributed by atoms with Crippen LogP contribution in [0.15, 0.2) is 23.3 Å². The van der Waals surface area contributed by atoms with Gasteiger partial charge in [0.15, 0.2) is 0 Å². The summed E-state index contributed by atoms with van der Waals surface area (Å²) in [5, 5.41) is 6.24. The van der Waals surface area contributed by atoms with Gasteiger partial charge in [0, 0.05) is 17.1 Å². The highest BCUT2D eigenvalue weighted by Crippen LogP contribution is 2.23. The van der Waals surface area contributed by atoms with Gasteiger partial charge in [-0.1, -0.05) is 17.2 Å². The van der Waals surface area contributed by atoms with Gasteiger partial charge in [0.1, 0.15) is 0 Å². The van der Waals surface area contributed by atoms with Crippen molar-refractivity contribution in [3.63, 3.8) is 0 Å². The molecule has 1 aliphatic rings. The highest BCUT2D eigenvalue weighted by atomic mass is 16.1. The summed E-state index contributed by atoms with van der Waals surface area (Å²) in [6, 6.07) is 5.82. The fourth-order valence-corrected chi connectivity index (χ4v) is 1.66. The average molecular weight is 202 g/mol. The highest BCUT2D eigenvalue weighted by Gasteiger charge is 2.16. The van der Waals surface area contributed by atoms with Crippen LogP contribution in [0.1, 0.15) is 11.1 Å². The molecule has 2 rings (SSSR count). The second-order valence-corrected chi connectivity index (χ2v) is 3.42. The van der Waals surface area contributed by atoms with E-state index in [1.807, 2.05) is 18.2 Å². The molecule has 1 aliphatic heterocycles. The standard InChI is InChI=1S/C10H10N4O/c11-14-12-4-3-7-1-2-9-8(5-7)6-10(15)13-9/h1-2,5H,3-4,6H2,(H,13,15). The molecule has 1 amide bonds. The topological polar surface area (TPSA) is 77.9 Å². The van der Waals surface area contributed by atoms with Crippen LogP contribution in [0.3, 0.4) is 0 Å². The zero-order chi connectivity index (χ0) is 10.7. The monoisotopic (exact) mass is 202 g/mol. The predicted molar refractivity (Wildman–Crippen MR) is 56.5 cm³/mol. The molecule has 5 heteroatoms. The van der Waals surface area contributed by atoms with E-state index in [4.69, 9.17) is 5.53 Å². The Labute approximate surface area is 86.7 Å². The first kappa shape index (κ1) is 9.55. The van der Waals surface area contributed by atoms with Crippen LogP contribution in [0.2, 0.25) is 0 Å². The molecule has 0 bridgehead atoms. The molecule has 15 heavy (non-hydrogen) atoms. The fraction of sp³-hybridized carbons (Fsp3) is 0.300. The van der Waals surface area contributed by atoms with E-state index in [-0.39, 0.29) is 5.91 Å². The number of amides is 1. The van der Waals surface area contributed by atoms with Gasteiger partial charge in [0.25, 0.3) is 0 Å². The van der Waals surface area contributed by atoms with Gasteiger partial charge in [0.05, 0.1) is 6.42 Å². The van der Waals surface area contributed by atoms with Crippen molar-refractivity contribution in [1.29, 1.82) is 0 Å². The maximum atomic E-state index is 11.1. The number of anilines is 1. The molecule has 0 fully saturated rings. The van der Waals surface area contributed by atoms with E-state index in [9.17, 15) is 4.79 Å². The van der Waals surface area contributed by atoms with Crippen molar-refractivity contribution in [2.75, 3.05) is 11.9 Å². The lowest BCUT2D eigenvalue weighted by Crippen LogP contribution is -2.03. The third kappa shape index (κ3) is 2.08. The molecule has 1 aromatic rings. The Morgan fingerprint density at radius 3 is 3.20 bits per heavy atom. The molecule has 0 spiro atoms. The number of rotatable bonds is 3. The van der Waals surface area contributed by atoms with E-state index in [2.05, 4.69) is 15.3 Å². The molecule has 1 aromatic carbocycles. The second-order valence-electron chi connectivity index (χ2n) is 3.42. The molecule has 0 atom stereocenters. The molecule has 1 heterocycles. The van der Waals surface area contributed by atoms with Gasteiger partial charge in [-0.15, -0.1) is 0 Å². The molecular weight excluding hydrogens is 192 g/mol. The number of hydrogen-bond donors (Lipinski definition) is 1. The van der Waals surface area contributed by atoms with Gasteiger partial charge >= 0.3 is 0 Å². The quantitative estimate of drug-likeness (QED) is 0.454. The Kier molecular flexibility index (Phi) is 2.56. The largest absolute Gasteiger partial charge is 0.326 e. The molecule has 76 valence electrons. The maximum absolute atomic E-state index is 11.1. The van der Waals surface area contributed by atoms with Crippen LogP contribution in [-0.2, 0) is 17.6 Å². The summed E-state index contributed by atoms with van der Waals surface area (Å²) >= 11 is 0. The third-order valence-corrected chi connectivity index (χ3v) is 2.36. The molecule has 5 nitrogen and oxygen atoms in total. The van der Waals surface area contributed by atoms with E-state index >= 15 is 0 Å². The third-order valence-electron chi connectivity index (χ3n) is 2.36. The van der Waals surface area contributed by atoms with Crippen molar-refractivity contribution >= 4 is 11.6 Å². The van der Waals surface area contributed by atoms with Crippen molar-refractivity contribution in [1.82, 2.24) is 0 Å². The number of azide groups is 1.